The molecule has 1 aliphatic rings. The molecule has 0 aromatic carbocycles. The summed E-state index contributed by atoms with van der Waals surface area (Å²) in [7, 11) is 0. The van der Waals surface area contributed by atoms with Crippen LogP contribution in [0.1, 0.15) is 53.4 Å². The summed E-state index contributed by atoms with van der Waals surface area (Å²) >= 11 is 0. The summed E-state index contributed by atoms with van der Waals surface area (Å²) in [6.07, 6.45) is 5.40. The lowest BCUT2D eigenvalue weighted by atomic mass is 9.92. The van der Waals surface area contributed by atoms with Gasteiger partial charge >= 0.3 is 0 Å². The molecule has 1 saturated heterocycles. The minimum absolute atomic E-state index is 0.697. The number of hydrogen-bond acceptors (Lipinski definition) is 2. The number of piperidine rings is 1. The van der Waals surface area contributed by atoms with Crippen molar-refractivity contribution in [3.63, 3.8) is 0 Å². The van der Waals surface area contributed by atoms with Crippen molar-refractivity contribution in [3.05, 3.63) is 0 Å². The summed E-state index contributed by atoms with van der Waals surface area (Å²) in [5.41, 5.74) is 0. The molecule has 1 aliphatic heterocycles. The van der Waals surface area contributed by atoms with Crippen molar-refractivity contribution in [1.82, 2.24) is 10.2 Å². The van der Waals surface area contributed by atoms with Gasteiger partial charge in [0.05, 0.1) is 0 Å². The second-order valence-electron chi connectivity index (χ2n) is 5.58. The van der Waals surface area contributed by atoms with Gasteiger partial charge in [0.2, 0.25) is 0 Å². The first-order valence-electron chi connectivity index (χ1n) is 7.13. The molecule has 0 spiro atoms. The fourth-order valence-corrected chi connectivity index (χ4v) is 2.84. The van der Waals surface area contributed by atoms with Crippen molar-refractivity contribution in [3.8, 4) is 0 Å². The maximum atomic E-state index is 3.50. The maximum absolute atomic E-state index is 3.50. The summed E-state index contributed by atoms with van der Waals surface area (Å²) in [5, 5.41) is 3.50. The predicted molar refractivity (Wildman–Crippen MR) is 71.8 cm³/mol. The zero-order chi connectivity index (χ0) is 12.0. The normalized spacial score (nSPS) is 26.6. The first-order valence-corrected chi connectivity index (χ1v) is 7.13. The van der Waals surface area contributed by atoms with Gasteiger partial charge in [0.1, 0.15) is 0 Å². The third kappa shape index (κ3) is 4.06. The lowest BCUT2D eigenvalue weighted by Crippen LogP contribution is -2.51. The van der Waals surface area contributed by atoms with Gasteiger partial charge < -0.3 is 5.32 Å². The van der Waals surface area contributed by atoms with E-state index in [1.807, 2.05) is 0 Å². The lowest BCUT2D eigenvalue weighted by Gasteiger charge is -2.41. The van der Waals surface area contributed by atoms with E-state index in [0.29, 0.717) is 6.04 Å². The predicted octanol–water partition coefficient (Wildman–Crippen LogP) is 2.89. The largest absolute Gasteiger partial charge is 0.316 e. The Balaban J connectivity index is 2.47. The van der Waals surface area contributed by atoms with Gasteiger partial charge in [-0.3, -0.25) is 4.90 Å². The van der Waals surface area contributed by atoms with Crippen LogP contribution in [0.25, 0.3) is 0 Å². The lowest BCUT2D eigenvalue weighted by molar-refractivity contribution is 0.0875. The van der Waals surface area contributed by atoms with Crippen LogP contribution in [0.3, 0.4) is 0 Å². The molecule has 2 atom stereocenters. The molecule has 16 heavy (non-hydrogen) atoms. The van der Waals surface area contributed by atoms with Crippen molar-refractivity contribution in [2.24, 2.45) is 5.92 Å². The summed E-state index contributed by atoms with van der Waals surface area (Å²) in [5.74, 6) is 0.803. The molecule has 0 bridgehead atoms. The van der Waals surface area contributed by atoms with Crippen LogP contribution in [0.5, 0.6) is 0 Å². The van der Waals surface area contributed by atoms with E-state index in [-0.39, 0.29) is 0 Å². The van der Waals surface area contributed by atoms with Gasteiger partial charge in [0.25, 0.3) is 0 Å². The fraction of sp³-hybridized carbons (Fsp3) is 1.00. The molecule has 0 amide bonds. The van der Waals surface area contributed by atoms with E-state index in [2.05, 4.69) is 37.9 Å². The molecule has 1 fully saturated rings. The fourth-order valence-electron chi connectivity index (χ4n) is 2.84. The molecule has 2 unspecified atom stereocenters. The van der Waals surface area contributed by atoms with Crippen molar-refractivity contribution >= 4 is 0 Å². The topological polar surface area (TPSA) is 15.3 Å². The van der Waals surface area contributed by atoms with Crippen LogP contribution in [0.4, 0.5) is 0 Å². The first kappa shape index (κ1) is 14.0. The number of unbranched alkanes of at least 4 members (excludes halogenated alkanes) is 2. The molecule has 0 aliphatic carbocycles. The van der Waals surface area contributed by atoms with Gasteiger partial charge in [-0.1, -0.05) is 26.7 Å². The summed E-state index contributed by atoms with van der Waals surface area (Å²) < 4.78 is 0. The molecule has 0 saturated carbocycles. The van der Waals surface area contributed by atoms with E-state index in [1.54, 1.807) is 0 Å². The van der Waals surface area contributed by atoms with Gasteiger partial charge in [-0.05, 0) is 52.2 Å². The van der Waals surface area contributed by atoms with Crippen LogP contribution in [0.15, 0.2) is 0 Å². The van der Waals surface area contributed by atoms with E-state index >= 15 is 0 Å². The third-order valence-electron chi connectivity index (χ3n) is 3.85. The van der Waals surface area contributed by atoms with Gasteiger partial charge in [-0.15, -0.1) is 0 Å². The van der Waals surface area contributed by atoms with E-state index in [0.717, 1.165) is 12.0 Å². The Morgan fingerprint density at radius 2 is 2.06 bits per heavy atom. The Kier molecular flexibility index (Phi) is 6.37. The second-order valence-corrected chi connectivity index (χ2v) is 5.58. The number of nitrogens with one attached hydrogen (secondary N) is 1. The Labute approximate surface area is 102 Å². The Bertz CT molecular complexity index is 180. The highest BCUT2D eigenvalue weighted by Crippen LogP contribution is 2.20. The zero-order valence-corrected chi connectivity index (χ0v) is 11.6. The van der Waals surface area contributed by atoms with E-state index in [4.69, 9.17) is 0 Å². The van der Waals surface area contributed by atoms with Crippen molar-refractivity contribution < 1.29 is 0 Å². The average Bonchev–Trinajstić information content (AvgIpc) is 2.25. The monoisotopic (exact) mass is 226 g/mol. The quantitative estimate of drug-likeness (QED) is 0.701. The van der Waals surface area contributed by atoms with Gasteiger partial charge in [0.15, 0.2) is 0 Å². The molecule has 2 nitrogen and oxygen atoms in total. The summed E-state index contributed by atoms with van der Waals surface area (Å²) in [6, 6.07) is 1.50. The highest BCUT2D eigenvalue weighted by Gasteiger charge is 2.27. The average molecular weight is 226 g/mol. The standard InChI is InChI=1S/C14H30N2/c1-5-6-7-10-16(12(2)3)14-8-9-15-11-13(14)4/h12-15H,5-11H2,1-4H3. The van der Waals surface area contributed by atoms with E-state index in [9.17, 15) is 0 Å². The zero-order valence-electron chi connectivity index (χ0n) is 11.6. The highest BCUT2D eigenvalue weighted by molar-refractivity contribution is 4.84. The number of rotatable bonds is 6. The number of hydrogen-bond donors (Lipinski definition) is 1. The summed E-state index contributed by atoms with van der Waals surface area (Å²) in [4.78, 5) is 2.74. The Hall–Kier alpha value is -0.0800. The minimum Gasteiger partial charge on any atom is -0.316 e. The van der Waals surface area contributed by atoms with E-state index in [1.165, 1.54) is 45.3 Å². The van der Waals surface area contributed by atoms with Crippen molar-refractivity contribution in [2.75, 3.05) is 19.6 Å². The van der Waals surface area contributed by atoms with Crippen LogP contribution in [0.2, 0.25) is 0 Å². The molecule has 0 aromatic rings. The van der Waals surface area contributed by atoms with Crippen LogP contribution in [0, 0.1) is 5.92 Å². The molecule has 96 valence electrons. The third-order valence-corrected chi connectivity index (χ3v) is 3.85. The Morgan fingerprint density at radius 1 is 1.31 bits per heavy atom. The molecule has 1 rings (SSSR count). The number of nitrogens with zero attached hydrogens (tertiary/aromatic N) is 1. The molecular weight excluding hydrogens is 196 g/mol. The minimum atomic E-state index is 0.697. The molecule has 1 heterocycles. The van der Waals surface area contributed by atoms with Crippen LogP contribution < -0.4 is 5.32 Å². The smallest absolute Gasteiger partial charge is 0.0148 e. The maximum Gasteiger partial charge on any atom is 0.0148 e. The first-order chi connectivity index (χ1) is 7.66. The van der Waals surface area contributed by atoms with Crippen LogP contribution in [-0.2, 0) is 0 Å². The second kappa shape index (κ2) is 7.29. The van der Waals surface area contributed by atoms with Gasteiger partial charge in [0, 0.05) is 12.1 Å². The van der Waals surface area contributed by atoms with Crippen molar-refractivity contribution in [1.29, 1.82) is 0 Å². The van der Waals surface area contributed by atoms with Crippen LogP contribution >= 0.6 is 0 Å². The van der Waals surface area contributed by atoms with Gasteiger partial charge in [-0.2, -0.15) is 0 Å². The SMILES string of the molecule is CCCCCN(C(C)C)C1CCNCC1C. The van der Waals surface area contributed by atoms with E-state index < -0.39 is 0 Å². The Morgan fingerprint density at radius 3 is 2.62 bits per heavy atom. The van der Waals surface area contributed by atoms with Crippen LogP contribution in [-0.4, -0.2) is 36.6 Å². The highest BCUT2D eigenvalue weighted by atomic mass is 15.2. The molecular formula is C14H30N2. The van der Waals surface area contributed by atoms with Crippen molar-refractivity contribution in [2.45, 2.75) is 65.5 Å². The van der Waals surface area contributed by atoms with Gasteiger partial charge in [-0.25, -0.2) is 0 Å². The molecule has 1 N–H and O–H groups in total. The molecule has 0 aromatic heterocycles. The summed E-state index contributed by atoms with van der Waals surface area (Å²) in [6.45, 7) is 13.1. The molecule has 2 heteroatoms. The molecule has 0 radical (unpaired) electrons.